The molecule has 3 rings (SSSR count). The zero-order valence-corrected chi connectivity index (χ0v) is 13.5. The maximum Gasteiger partial charge on any atom is 0.268 e. The third kappa shape index (κ3) is 2.95. The third-order valence-electron chi connectivity index (χ3n) is 3.41. The van der Waals surface area contributed by atoms with Gasteiger partial charge in [0.1, 0.15) is 0 Å². The van der Waals surface area contributed by atoms with E-state index in [0.29, 0.717) is 24.4 Å². The largest absolute Gasteiger partial charge is 0.376 e. The van der Waals surface area contributed by atoms with Gasteiger partial charge in [-0.15, -0.1) is 11.3 Å². The molecule has 0 saturated heterocycles. The Morgan fingerprint density at radius 3 is 3.00 bits per heavy atom. The lowest BCUT2D eigenvalue weighted by atomic mass is 9.96. The van der Waals surface area contributed by atoms with Gasteiger partial charge in [-0.1, -0.05) is 5.16 Å². The summed E-state index contributed by atoms with van der Waals surface area (Å²) in [6, 6.07) is 1.68. The van der Waals surface area contributed by atoms with Crippen LogP contribution in [0.15, 0.2) is 14.4 Å². The predicted octanol–water partition coefficient (Wildman–Crippen LogP) is 3.44. The highest BCUT2D eigenvalue weighted by Crippen LogP contribution is 2.34. The van der Waals surface area contributed by atoms with Gasteiger partial charge in [-0.2, -0.15) is 4.98 Å². The Morgan fingerprint density at radius 1 is 1.60 bits per heavy atom. The fourth-order valence-electron chi connectivity index (χ4n) is 1.90. The van der Waals surface area contributed by atoms with Crippen molar-refractivity contribution in [3.8, 4) is 10.8 Å². The predicted molar refractivity (Wildman–Crippen MR) is 80.6 cm³/mol. The first-order valence-electron chi connectivity index (χ1n) is 6.60. The molecule has 0 aliphatic heterocycles. The van der Waals surface area contributed by atoms with E-state index in [4.69, 9.17) is 15.0 Å². The fraction of sp³-hybridized carbons (Fsp3) is 0.538. The van der Waals surface area contributed by atoms with E-state index in [1.54, 1.807) is 11.3 Å². The van der Waals surface area contributed by atoms with Gasteiger partial charge >= 0.3 is 0 Å². The van der Waals surface area contributed by atoms with Crippen molar-refractivity contribution in [2.24, 2.45) is 5.73 Å². The molecule has 1 fully saturated rings. The first-order chi connectivity index (χ1) is 9.63. The molecule has 108 valence electrons. The molecule has 0 aromatic carbocycles. The summed E-state index contributed by atoms with van der Waals surface area (Å²) in [5, 5.41) is 3.95. The van der Waals surface area contributed by atoms with Crippen LogP contribution in [-0.4, -0.2) is 22.9 Å². The number of hydrogen-bond donors (Lipinski definition) is 1. The van der Waals surface area contributed by atoms with Gasteiger partial charge in [0.15, 0.2) is 5.82 Å². The summed E-state index contributed by atoms with van der Waals surface area (Å²) in [6.45, 7) is 2.47. The molecule has 0 radical (unpaired) electrons. The number of nitrogens with zero attached hydrogens (tertiary/aromatic N) is 2. The van der Waals surface area contributed by atoms with Crippen molar-refractivity contribution < 1.29 is 9.26 Å². The number of halogens is 1. The van der Waals surface area contributed by atoms with Crippen molar-refractivity contribution >= 4 is 27.3 Å². The zero-order valence-electron chi connectivity index (χ0n) is 11.1. The van der Waals surface area contributed by atoms with Crippen LogP contribution >= 0.6 is 27.3 Å². The van der Waals surface area contributed by atoms with Gasteiger partial charge in [-0.25, -0.2) is 0 Å². The molecule has 1 aliphatic carbocycles. The van der Waals surface area contributed by atoms with Crippen molar-refractivity contribution in [1.29, 1.82) is 0 Å². The van der Waals surface area contributed by atoms with Crippen LogP contribution in [0.2, 0.25) is 0 Å². The van der Waals surface area contributed by atoms with Crippen LogP contribution in [0.25, 0.3) is 10.8 Å². The van der Waals surface area contributed by atoms with Crippen LogP contribution in [-0.2, 0) is 4.74 Å². The highest BCUT2D eigenvalue weighted by atomic mass is 79.9. The highest BCUT2D eigenvalue weighted by molar-refractivity contribution is 9.11. The van der Waals surface area contributed by atoms with Gasteiger partial charge in [0.25, 0.3) is 5.89 Å². The number of nitrogens with two attached hydrogens (primary N) is 1. The first-order valence-corrected chi connectivity index (χ1v) is 8.21. The third-order valence-corrected chi connectivity index (χ3v) is 5.53. The summed E-state index contributed by atoms with van der Waals surface area (Å²) in [6.07, 6.45) is 3.88. The summed E-state index contributed by atoms with van der Waals surface area (Å²) in [7, 11) is 0. The summed E-state index contributed by atoms with van der Waals surface area (Å²) < 4.78 is 12.0. The molecule has 2 N–H and O–H groups in total. The fourth-order valence-corrected chi connectivity index (χ4v) is 3.36. The molecule has 1 atom stereocenters. The van der Waals surface area contributed by atoms with E-state index < -0.39 is 0 Å². The van der Waals surface area contributed by atoms with Gasteiger partial charge in [0.2, 0.25) is 0 Å². The molecule has 0 bridgehead atoms. The Kier molecular flexibility index (Phi) is 4.21. The van der Waals surface area contributed by atoms with Gasteiger partial charge in [0, 0.05) is 0 Å². The average Bonchev–Trinajstić information content (AvgIpc) is 2.95. The van der Waals surface area contributed by atoms with E-state index in [9.17, 15) is 0 Å². The van der Waals surface area contributed by atoms with Crippen molar-refractivity contribution in [2.75, 3.05) is 6.61 Å². The van der Waals surface area contributed by atoms with Crippen molar-refractivity contribution in [3.63, 3.8) is 0 Å². The lowest BCUT2D eigenvalue weighted by Crippen LogP contribution is -2.27. The van der Waals surface area contributed by atoms with Crippen molar-refractivity contribution in [1.82, 2.24) is 10.1 Å². The maximum atomic E-state index is 6.03. The molecule has 2 aromatic heterocycles. The number of rotatable bonds is 5. The molecule has 2 aromatic rings. The van der Waals surface area contributed by atoms with Crippen LogP contribution in [0.5, 0.6) is 0 Å². The lowest BCUT2D eigenvalue weighted by Gasteiger charge is -2.26. The summed E-state index contributed by atoms with van der Waals surface area (Å²) in [5.74, 6) is 1.01. The Hall–Kier alpha value is -0.760. The Balaban J connectivity index is 1.66. The Bertz CT molecular complexity index is 575. The smallest absolute Gasteiger partial charge is 0.268 e. The Morgan fingerprint density at radius 2 is 2.40 bits per heavy atom. The van der Waals surface area contributed by atoms with Gasteiger partial charge in [0.05, 0.1) is 27.4 Å². The van der Waals surface area contributed by atoms with Gasteiger partial charge in [-0.05, 0) is 53.7 Å². The van der Waals surface area contributed by atoms with E-state index in [1.807, 2.05) is 13.0 Å². The molecule has 0 amide bonds. The minimum absolute atomic E-state index is 0.336. The van der Waals surface area contributed by atoms with E-state index in [1.165, 1.54) is 6.42 Å². The number of thiophene rings is 1. The van der Waals surface area contributed by atoms with Crippen molar-refractivity contribution in [3.05, 3.63) is 21.2 Å². The van der Waals surface area contributed by atoms with E-state index >= 15 is 0 Å². The molecule has 20 heavy (non-hydrogen) atoms. The molecule has 0 spiro atoms. The van der Waals surface area contributed by atoms with E-state index in [-0.39, 0.29) is 6.04 Å². The van der Waals surface area contributed by atoms with Crippen LogP contribution in [0.1, 0.15) is 36.7 Å². The van der Waals surface area contributed by atoms with Crippen LogP contribution in [0.4, 0.5) is 0 Å². The van der Waals surface area contributed by atoms with Crippen LogP contribution in [0, 0.1) is 6.92 Å². The first kappa shape index (κ1) is 14.2. The van der Waals surface area contributed by atoms with Crippen LogP contribution < -0.4 is 5.73 Å². The molecular formula is C13H16BrN3O2S. The topological polar surface area (TPSA) is 74.2 Å². The normalized spacial score (nSPS) is 17.1. The second-order valence-corrected chi connectivity index (χ2v) is 7.39. The van der Waals surface area contributed by atoms with E-state index in [0.717, 1.165) is 27.1 Å². The molecule has 1 unspecified atom stereocenters. The molecular weight excluding hydrogens is 342 g/mol. The molecule has 2 heterocycles. The zero-order chi connectivity index (χ0) is 14.1. The number of hydrogen-bond acceptors (Lipinski definition) is 6. The van der Waals surface area contributed by atoms with Crippen molar-refractivity contribution in [2.45, 2.75) is 38.3 Å². The summed E-state index contributed by atoms with van der Waals surface area (Å²) >= 11 is 5.06. The second kappa shape index (κ2) is 5.93. The lowest BCUT2D eigenvalue weighted by molar-refractivity contribution is -0.00549. The quantitative estimate of drug-likeness (QED) is 0.886. The highest BCUT2D eigenvalue weighted by Gasteiger charge is 2.22. The molecule has 5 nitrogen and oxygen atoms in total. The number of ether oxygens (including phenoxy) is 1. The number of aromatic nitrogens is 2. The standard InChI is InChI=1S/C13H16BrN3O2S/c1-7-5-10(20-11(7)14)13-16-12(17-19-13)9(15)6-18-8-3-2-4-8/h5,8-9H,2-4,6,15H2,1H3. The van der Waals surface area contributed by atoms with Crippen LogP contribution in [0.3, 0.4) is 0 Å². The average molecular weight is 358 g/mol. The SMILES string of the molecule is Cc1cc(-c2nc(C(N)COC3CCC3)no2)sc1Br. The van der Waals surface area contributed by atoms with Gasteiger partial charge in [-0.3, -0.25) is 0 Å². The number of aryl methyl sites for hydroxylation is 1. The summed E-state index contributed by atoms with van der Waals surface area (Å²) in [4.78, 5) is 5.31. The monoisotopic (exact) mass is 357 g/mol. The Labute approximate surface area is 129 Å². The minimum atomic E-state index is -0.336. The molecule has 7 heteroatoms. The maximum absolute atomic E-state index is 6.03. The molecule has 1 saturated carbocycles. The van der Waals surface area contributed by atoms with Gasteiger partial charge < -0.3 is 15.0 Å². The second-order valence-electron chi connectivity index (χ2n) is 5.02. The minimum Gasteiger partial charge on any atom is -0.376 e. The van der Waals surface area contributed by atoms with E-state index in [2.05, 4.69) is 26.1 Å². The summed E-state index contributed by atoms with van der Waals surface area (Å²) in [5.41, 5.74) is 7.19. The molecule has 1 aliphatic rings.